The van der Waals surface area contributed by atoms with E-state index in [4.69, 9.17) is 0 Å². The van der Waals surface area contributed by atoms with Crippen LogP contribution in [0.3, 0.4) is 0 Å². The second-order valence-corrected chi connectivity index (χ2v) is 7.67. The molecule has 1 aromatic rings. The van der Waals surface area contributed by atoms with Crippen molar-refractivity contribution in [3.05, 3.63) is 24.0 Å². The summed E-state index contributed by atoms with van der Waals surface area (Å²) in [6, 6.07) is 2.45. The molecule has 0 spiro atoms. The third-order valence-electron chi connectivity index (χ3n) is 3.64. The molecule has 0 atom stereocenters. The maximum absolute atomic E-state index is 11.6. The third-order valence-corrected chi connectivity index (χ3v) is 4.94. The zero-order valence-electron chi connectivity index (χ0n) is 12.9. The van der Waals surface area contributed by atoms with Crippen molar-refractivity contribution in [3.8, 4) is 0 Å². The SMILES string of the molecule is CC(C)NCc1ccncc1N1CCN(S(C)(=O)=O)CC1. The maximum Gasteiger partial charge on any atom is 0.211 e. The fraction of sp³-hybridized carbons (Fsp3) is 0.643. The average Bonchev–Trinajstić information content (AvgIpc) is 2.44. The first-order chi connectivity index (χ1) is 9.88. The van der Waals surface area contributed by atoms with Gasteiger partial charge in [-0.25, -0.2) is 8.42 Å². The van der Waals surface area contributed by atoms with Gasteiger partial charge in [0.05, 0.1) is 18.1 Å². The molecule has 1 aromatic heterocycles. The van der Waals surface area contributed by atoms with E-state index in [0.29, 0.717) is 32.2 Å². The van der Waals surface area contributed by atoms with Crippen LogP contribution in [0.25, 0.3) is 0 Å². The molecule has 0 saturated carbocycles. The molecule has 1 N–H and O–H groups in total. The van der Waals surface area contributed by atoms with Gasteiger partial charge in [-0.1, -0.05) is 13.8 Å². The van der Waals surface area contributed by atoms with Gasteiger partial charge in [0.25, 0.3) is 0 Å². The number of pyridine rings is 1. The lowest BCUT2D eigenvalue weighted by Gasteiger charge is -2.35. The lowest BCUT2D eigenvalue weighted by Crippen LogP contribution is -2.48. The molecule has 1 fully saturated rings. The Morgan fingerprint density at radius 2 is 1.95 bits per heavy atom. The van der Waals surface area contributed by atoms with E-state index >= 15 is 0 Å². The molecule has 2 heterocycles. The van der Waals surface area contributed by atoms with E-state index in [0.717, 1.165) is 12.2 Å². The number of nitrogens with zero attached hydrogens (tertiary/aromatic N) is 3. The second kappa shape index (κ2) is 6.72. The number of nitrogens with one attached hydrogen (secondary N) is 1. The summed E-state index contributed by atoms with van der Waals surface area (Å²) in [4.78, 5) is 6.43. The number of rotatable bonds is 5. The predicted molar refractivity (Wildman–Crippen MR) is 84.8 cm³/mol. The highest BCUT2D eigenvalue weighted by Crippen LogP contribution is 2.21. The van der Waals surface area contributed by atoms with E-state index in [1.807, 2.05) is 12.3 Å². The lowest BCUT2D eigenvalue weighted by molar-refractivity contribution is 0.387. The van der Waals surface area contributed by atoms with Gasteiger partial charge in [0, 0.05) is 45.0 Å². The number of hydrogen-bond donors (Lipinski definition) is 1. The summed E-state index contributed by atoms with van der Waals surface area (Å²) < 4.78 is 24.7. The predicted octanol–water partition coefficient (Wildman–Crippen LogP) is 0.661. The van der Waals surface area contributed by atoms with Crippen LogP contribution in [0, 0.1) is 0 Å². The van der Waals surface area contributed by atoms with Crippen LogP contribution in [0.1, 0.15) is 19.4 Å². The number of sulfonamides is 1. The van der Waals surface area contributed by atoms with Crippen LogP contribution in [-0.2, 0) is 16.6 Å². The highest BCUT2D eigenvalue weighted by Gasteiger charge is 2.24. The molecule has 0 bridgehead atoms. The minimum absolute atomic E-state index is 0.424. The smallest absolute Gasteiger partial charge is 0.211 e. The van der Waals surface area contributed by atoms with E-state index in [1.54, 1.807) is 6.20 Å². The summed E-state index contributed by atoms with van der Waals surface area (Å²) in [6.45, 7) is 7.50. The molecule has 0 unspecified atom stereocenters. The van der Waals surface area contributed by atoms with Crippen LogP contribution in [0.4, 0.5) is 5.69 Å². The van der Waals surface area contributed by atoms with Gasteiger partial charge in [0.1, 0.15) is 0 Å². The molecular weight excluding hydrogens is 288 g/mol. The molecule has 118 valence electrons. The summed E-state index contributed by atoms with van der Waals surface area (Å²) in [6.07, 6.45) is 4.94. The number of anilines is 1. The summed E-state index contributed by atoms with van der Waals surface area (Å²) in [5, 5.41) is 3.41. The van der Waals surface area contributed by atoms with Crippen molar-refractivity contribution in [2.75, 3.05) is 37.3 Å². The topological polar surface area (TPSA) is 65.5 Å². The molecule has 1 saturated heterocycles. The van der Waals surface area contributed by atoms with Crippen LogP contribution in [-0.4, -0.2) is 56.2 Å². The molecule has 6 nitrogen and oxygen atoms in total. The highest BCUT2D eigenvalue weighted by molar-refractivity contribution is 7.88. The van der Waals surface area contributed by atoms with E-state index in [9.17, 15) is 8.42 Å². The summed E-state index contributed by atoms with van der Waals surface area (Å²) in [5.41, 5.74) is 2.30. The van der Waals surface area contributed by atoms with Crippen LogP contribution < -0.4 is 10.2 Å². The minimum Gasteiger partial charge on any atom is -0.367 e. The molecule has 1 aliphatic heterocycles. The van der Waals surface area contributed by atoms with E-state index in [1.165, 1.54) is 16.1 Å². The standard InChI is InChI=1S/C14H24N4O2S/c1-12(2)16-10-13-4-5-15-11-14(13)17-6-8-18(9-7-17)21(3,19)20/h4-5,11-12,16H,6-10H2,1-3H3. The van der Waals surface area contributed by atoms with Gasteiger partial charge in [-0.05, 0) is 11.6 Å². The van der Waals surface area contributed by atoms with Gasteiger partial charge in [-0.15, -0.1) is 0 Å². The minimum atomic E-state index is -3.08. The van der Waals surface area contributed by atoms with E-state index in [2.05, 4.69) is 29.0 Å². The highest BCUT2D eigenvalue weighted by atomic mass is 32.2. The Morgan fingerprint density at radius 1 is 1.29 bits per heavy atom. The monoisotopic (exact) mass is 312 g/mol. The quantitative estimate of drug-likeness (QED) is 0.865. The largest absolute Gasteiger partial charge is 0.367 e. The zero-order chi connectivity index (χ0) is 15.5. The van der Waals surface area contributed by atoms with Crippen molar-refractivity contribution < 1.29 is 8.42 Å². The molecule has 7 heteroatoms. The first kappa shape index (κ1) is 16.2. The van der Waals surface area contributed by atoms with Crippen LogP contribution in [0.5, 0.6) is 0 Å². The van der Waals surface area contributed by atoms with Crippen molar-refractivity contribution in [2.24, 2.45) is 0 Å². The molecule has 2 rings (SSSR count). The van der Waals surface area contributed by atoms with Crippen LogP contribution in [0.2, 0.25) is 0 Å². The molecule has 0 aromatic carbocycles. The summed E-state index contributed by atoms with van der Waals surface area (Å²) in [5.74, 6) is 0. The van der Waals surface area contributed by atoms with Crippen LogP contribution >= 0.6 is 0 Å². The lowest BCUT2D eigenvalue weighted by atomic mass is 10.2. The van der Waals surface area contributed by atoms with Gasteiger partial charge in [-0.2, -0.15) is 4.31 Å². The maximum atomic E-state index is 11.6. The van der Waals surface area contributed by atoms with Gasteiger partial charge in [0.15, 0.2) is 0 Å². The van der Waals surface area contributed by atoms with Gasteiger partial charge in [-0.3, -0.25) is 4.98 Å². The van der Waals surface area contributed by atoms with Crippen LogP contribution in [0.15, 0.2) is 18.5 Å². The van der Waals surface area contributed by atoms with E-state index < -0.39 is 10.0 Å². The van der Waals surface area contributed by atoms with Crippen molar-refractivity contribution in [1.82, 2.24) is 14.6 Å². The molecule has 0 amide bonds. The molecule has 0 radical (unpaired) electrons. The van der Waals surface area contributed by atoms with Crippen molar-refractivity contribution >= 4 is 15.7 Å². The first-order valence-corrected chi connectivity index (χ1v) is 9.09. The molecule has 1 aliphatic rings. The van der Waals surface area contributed by atoms with Crippen molar-refractivity contribution in [1.29, 1.82) is 0 Å². The van der Waals surface area contributed by atoms with Gasteiger partial charge >= 0.3 is 0 Å². The second-order valence-electron chi connectivity index (χ2n) is 5.69. The Balaban J connectivity index is 2.06. The number of hydrogen-bond acceptors (Lipinski definition) is 5. The summed E-state index contributed by atoms with van der Waals surface area (Å²) >= 11 is 0. The average molecular weight is 312 g/mol. The normalized spacial score (nSPS) is 17.4. The van der Waals surface area contributed by atoms with Crippen molar-refractivity contribution in [2.45, 2.75) is 26.4 Å². The molecule has 21 heavy (non-hydrogen) atoms. The van der Waals surface area contributed by atoms with Crippen molar-refractivity contribution in [3.63, 3.8) is 0 Å². The van der Waals surface area contributed by atoms with E-state index in [-0.39, 0.29) is 0 Å². The Kier molecular flexibility index (Phi) is 5.18. The Bertz CT molecular complexity index is 566. The molecular formula is C14H24N4O2S. The molecule has 0 aliphatic carbocycles. The third kappa shape index (κ3) is 4.39. The Labute approximate surface area is 127 Å². The fourth-order valence-corrected chi connectivity index (χ4v) is 3.25. The van der Waals surface area contributed by atoms with Gasteiger partial charge in [0.2, 0.25) is 10.0 Å². The Hall–Kier alpha value is -1.18. The summed E-state index contributed by atoms with van der Waals surface area (Å²) in [7, 11) is -3.08. The first-order valence-electron chi connectivity index (χ1n) is 7.24. The fourth-order valence-electron chi connectivity index (χ4n) is 2.42. The number of piperazine rings is 1. The Morgan fingerprint density at radius 3 is 2.52 bits per heavy atom. The number of aromatic nitrogens is 1. The zero-order valence-corrected chi connectivity index (χ0v) is 13.7. The van der Waals surface area contributed by atoms with Gasteiger partial charge < -0.3 is 10.2 Å².